The predicted molar refractivity (Wildman–Crippen MR) is 73.0 cm³/mol. The smallest absolute Gasteiger partial charge is 0.183 e. The first-order valence-corrected chi connectivity index (χ1v) is 6.72. The van der Waals surface area contributed by atoms with Crippen molar-refractivity contribution in [1.82, 2.24) is 4.98 Å². The summed E-state index contributed by atoms with van der Waals surface area (Å²) in [4.78, 5) is 4.46. The Labute approximate surface area is 111 Å². The summed E-state index contributed by atoms with van der Waals surface area (Å²) >= 11 is 11.2. The first-order chi connectivity index (χ1) is 7.67. The molecule has 0 aliphatic rings. The molecule has 0 saturated heterocycles. The lowest BCUT2D eigenvalue weighted by Crippen LogP contribution is -1.94. The number of rotatable bonds is 3. The molecule has 6 heteroatoms. The first-order valence-electron chi connectivity index (χ1n) is 4.73. The number of anilines is 1. The topological polar surface area (TPSA) is 34.2 Å². The summed E-state index contributed by atoms with van der Waals surface area (Å²) in [6.45, 7) is 2.87. The fourth-order valence-corrected chi connectivity index (χ4v) is 3.32. The molecule has 2 rings (SSSR count). The summed E-state index contributed by atoms with van der Waals surface area (Å²) in [6.07, 6.45) is 0. The zero-order valence-corrected chi connectivity index (χ0v) is 12.0. The zero-order valence-electron chi connectivity index (χ0n) is 8.80. The van der Waals surface area contributed by atoms with Crippen molar-refractivity contribution in [3.63, 3.8) is 0 Å². The summed E-state index contributed by atoms with van der Waals surface area (Å²) in [5, 5.41) is 4.66. The van der Waals surface area contributed by atoms with Gasteiger partial charge in [-0.15, -0.1) is 0 Å². The minimum Gasteiger partial charge on any atom is -0.495 e. The van der Waals surface area contributed by atoms with Crippen molar-refractivity contribution in [2.24, 2.45) is 0 Å². The van der Waals surface area contributed by atoms with Crippen LogP contribution >= 0.6 is 38.9 Å². The molecule has 86 valence electrons. The second-order valence-electron chi connectivity index (χ2n) is 3.10. The molecule has 0 radical (unpaired) electrons. The van der Waals surface area contributed by atoms with E-state index in [2.05, 4.69) is 26.2 Å². The molecular formula is C10H10BrClN2OS. The number of hydrogen-bond acceptors (Lipinski definition) is 4. The second kappa shape index (κ2) is 4.77. The number of aromatic nitrogens is 1. The Balaban J connectivity index is 2.65. The third-order valence-corrected chi connectivity index (χ3v) is 4.20. The summed E-state index contributed by atoms with van der Waals surface area (Å²) in [7, 11) is 1.60. The standard InChI is InChI=1S/C10H10BrClN2OS/c1-3-13-10-14-8-5(11)4-6(15-2)7(12)9(8)16-10/h4H,3H2,1-2H3,(H,13,14). The average Bonchev–Trinajstić information content (AvgIpc) is 2.68. The minimum atomic E-state index is 0.613. The third-order valence-electron chi connectivity index (χ3n) is 2.07. The van der Waals surface area contributed by atoms with Gasteiger partial charge in [-0.1, -0.05) is 22.9 Å². The molecule has 1 aromatic carbocycles. The monoisotopic (exact) mass is 320 g/mol. The SMILES string of the molecule is CCNc1nc2c(Br)cc(OC)c(Cl)c2s1. The van der Waals surface area contributed by atoms with Crippen molar-refractivity contribution in [3.8, 4) is 5.75 Å². The maximum atomic E-state index is 6.22. The van der Waals surface area contributed by atoms with E-state index in [0.717, 1.165) is 26.4 Å². The van der Waals surface area contributed by atoms with Crippen LogP contribution in [0.3, 0.4) is 0 Å². The number of benzene rings is 1. The van der Waals surface area contributed by atoms with Crippen LogP contribution in [0.4, 0.5) is 5.13 Å². The van der Waals surface area contributed by atoms with Crippen LogP contribution in [0.25, 0.3) is 10.2 Å². The fraction of sp³-hybridized carbons (Fsp3) is 0.300. The molecule has 0 aliphatic carbocycles. The number of nitrogens with zero attached hydrogens (tertiary/aromatic N) is 1. The van der Waals surface area contributed by atoms with E-state index in [1.807, 2.05) is 13.0 Å². The highest BCUT2D eigenvalue weighted by Crippen LogP contribution is 2.41. The molecule has 16 heavy (non-hydrogen) atoms. The van der Waals surface area contributed by atoms with Gasteiger partial charge in [-0.25, -0.2) is 4.98 Å². The third kappa shape index (κ3) is 1.99. The van der Waals surface area contributed by atoms with E-state index in [9.17, 15) is 0 Å². The van der Waals surface area contributed by atoms with Crippen LogP contribution in [0.5, 0.6) is 5.75 Å². The highest BCUT2D eigenvalue weighted by Gasteiger charge is 2.14. The Kier molecular flexibility index (Phi) is 3.56. The lowest BCUT2D eigenvalue weighted by atomic mass is 10.3. The molecule has 0 fully saturated rings. The van der Waals surface area contributed by atoms with E-state index in [-0.39, 0.29) is 0 Å². The van der Waals surface area contributed by atoms with E-state index in [1.54, 1.807) is 7.11 Å². The number of fused-ring (bicyclic) bond motifs is 1. The number of thiazole rings is 1. The van der Waals surface area contributed by atoms with Gasteiger partial charge in [-0.3, -0.25) is 0 Å². The highest BCUT2D eigenvalue weighted by molar-refractivity contribution is 9.10. The number of hydrogen-bond donors (Lipinski definition) is 1. The van der Waals surface area contributed by atoms with Gasteiger partial charge >= 0.3 is 0 Å². The van der Waals surface area contributed by atoms with Crippen molar-refractivity contribution in [3.05, 3.63) is 15.6 Å². The molecule has 0 amide bonds. The molecule has 0 unspecified atom stereocenters. The zero-order chi connectivity index (χ0) is 11.7. The maximum absolute atomic E-state index is 6.22. The van der Waals surface area contributed by atoms with E-state index >= 15 is 0 Å². The summed E-state index contributed by atoms with van der Waals surface area (Å²) in [6, 6.07) is 1.83. The van der Waals surface area contributed by atoms with Gasteiger partial charge in [0.2, 0.25) is 0 Å². The normalized spacial score (nSPS) is 10.8. The van der Waals surface area contributed by atoms with E-state index in [0.29, 0.717) is 10.8 Å². The Morgan fingerprint density at radius 1 is 1.62 bits per heavy atom. The van der Waals surface area contributed by atoms with Gasteiger partial charge in [0.1, 0.15) is 10.8 Å². The van der Waals surface area contributed by atoms with Crippen molar-refractivity contribution in [1.29, 1.82) is 0 Å². The van der Waals surface area contributed by atoms with Crippen molar-refractivity contribution >= 4 is 54.2 Å². The van der Waals surface area contributed by atoms with Gasteiger partial charge in [-0.2, -0.15) is 0 Å². The molecule has 0 bridgehead atoms. The van der Waals surface area contributed by atoms with Crippen molar-refractivity contribution < 1.29 is 4.74 Å². The number of nitrogens with one attached hydrogen (secondary N) is 1. The average molecular weight is 322 g/mol. The Morgan fingerprint density at radius 2 is 2.38 bits per heavy atom. The molecule has 3 nitrogen and oxygen atoms in total. The summed E-state index contributed by atoms with van der Waals surface area (Å²) < 4.78 is 7.03. The van der Waals surface area contributed by atoms with Crippen molar-refractivity contribution in [2.75, 3.05) is 19.0 Å². The van der Waals surface area contributed by atoms with Crippen molar-refractivity contribution in [2.45, 2.75) is 6.92 Å². The number of ether oxygens (including phenoxy) is 1. The summed E-state index contributed by atoms with van der Waals surface area (Å²) in [5.74, 6) is 0.660. The molecule has 2 aromatic rings. The maximum Gasteiger partial charge on any atom is 0.183 e. The van der Waals surface area contributed by atoms with Gasteiger partial charge in [0, 0.05) is 11.0 Å². The van der Waals surface area contributed by atoms with Gasteiger partial charge in [0.15, 0.2) is 5.13 Å². The van der Waals surface area contributed by atoms with E-state index in [1.165, 1.54) is 11.3 Å². The molecular weight excluding hydrogens is 312 g/mol. The van der Waals surface area contributed by atoms with Crippen LogP contribution in [-0.4, -0.2) is 18.6 Å². The molecule has 0 atom stereocenters. The fourth-order valence-electron chi connectivity index (χ4n) is 1.36. The van der Waals surface area contributed by atoms with Gasteiger partial charge in [0.25, 0.3) is 0 Å². The lowest BCUT2D eigenvalue weighted by molar-refractivity contribution is 0.415. The van der Waals surface area contributed by atoms with Crippen LogP contribution in [-0.2, 0) is 0 Å². The van der Waals surface area contributed by atoms with Crippen LogP contribution in [0.2, 0.25) is 5.02 Å². The minimum absolute atomic E-state index is 0.613. The number of methoxy groups -OCH3 is 1. The first kappa shape index (κ1) is 12.0. The van der Waals surface area contributed by atoms with E-state index < -0.39 is 0 Å². The van der Waals surface area contributed by atoms with Crippen LogP contribution in [0.1, 0.15) is 6.92 Å². The number of halogens is 2. The van der Waals surface area contributed by atoms with Crippen LogP contribution in [0.15, 0.2) is 10.5 Å². The largest absolute Gasteiger partial charge is 0.495 e. The highest BCUT2D eigenvalue weighted by atomic mass is 79.9. The molecule has 1 N–H and O–H groups in total. The van der Waals surface area contributed by atoms with Crippen LogP contribution < -0.4 is 10.1 Å². The summed E-state index contributed by atoms with van der Waals surface area (Å²) in [5.41, 5.74) is 0.867. The van der Waals surface area contributed by atoms with Gasteiger partial charge in [-0.05, 0) is 28.9 Å². The Hall–Kier alpha value is -0.520. The lowest BCUT2D eigenvalue weighted by Gasteiger charge is -2.03. The quantitative estimate of drug-likeness (QED) is 0.922. The van der Waals surface area contributed by atoms with E-state index in [4.69, 9.17) is 16.3 Å². The molecule has 0 aliphatic heterocycles. The second-order valence-corrected chi connectivity index (χ2v) is 5.33. The van der Waals surface area contributed by atoms with Crippen LogP contribution in [0, 0.1) is 0 Å². The Bertz CT molecular complexity index is 529. The Morgan fingerprint density at radius 3 is 3.00 bits per heavy atom. The van der Waals surface area contributed by atoms with Gasteiger partial charge in [0.05, 0.1) is 17.3 Å². The molecule has 1 aromatic heterocycles. The molecule has 0 spiro atoms. The predicted octanol–water partition coefficient (Wildman–Crippen LogP) is 4.15. The van der Waals surface area contributed by atoms with Gasteiger partial charge < -0.3 is 10.1 Å². The molecule has 1 heterocycles. The molecule has 0 saturated carbocycles.